The van der Waals surface area contributed by atoms with Gasteiger partial charge in [0.1, 0.15) is 0 Å². The Kier molecular flexibility index (Phi) is 4.45. The predicted octanol–water partition coefficient (Wildman–Crippen LogP) is 2.92. The summed E-state index contributed by atoms with van der Waals surface area (Å²) in [6.07, 6.45) is 0. The number of anilines is 2. The second-order valence-electron chi connectivity index (χ2n) is 3.40. The summed E-state index contributed by atoms with van der Waals surface area (Å²) in [4.78, 5) is 0. The molecule has 0 spiro atoms. The Morgan fingerprint density at radius 2 is 2.06 bits per heavy atom. The Balaban J connectivity index is 1.86. The number of halogens is 1. The van der Waals surface area contributed by atoms with Crippen molar-refractivity contribution >= 4 is 55.5 Å². The van der Waals surface area contributed by atoms with Crippen molar-refractivity contribution < 1.29 is 0 Å². The van der Waals surface area contributed by atoms with E-state index in [4.69, 9.17) is 12.2 Å². The lowest BCUT2D eigenvalue weighted by molar-refractivity contribution is 1.07. The van der Waals surface area contributed by atoms with Gasteiger partial charge in [0.2, 0.25) is 0 Å². The lowest BCUT2D eigenvalue weighted by Gasteiger charge is -2.11. The Labute approximate surface area is 122 Å². The number of benzene rings is 1. The molecular formula is C10H10BrN5S2. The Morgan fingerprint density at radius 1 is 1.33 bits per heavy atom. The summed E-state index contributed by atoms with van der Waals surface area (Å²) in [6.45, 7) is 1.87. The van der Waals surface area contributed by atoms with Crippen molar-refractivity contribution in [3.05, 3.63) is 34.4 Å². The van der Waals surface area contributed by atoms with Crippen LogP contribution in [0.1, 0.15) is 5.69 Å². The molecule has 3 N–H and O–H groups in total. The van der Waals surface area contributed by atoms with E-state index in [0.29, 0.717) is 5.11 Å². The third-order valence-electron chi connectivity index (χ3n) is 2.04. The molecule has 0 aliphatic heterocycles. The minimum atomic E-state index is 0.477. The fourth-order valence-corrected chi connectivity index (χ4v) is 2.10. The number of hydrazine groups is 1. The zero-order chi connectivity index (χ0) is 13.0. The first-order valence-corrected chi connectivity index (χ1v) is 7.00. The normalized spacial score (nSPS) is 9.89. The van der Waals surface area contributed by atoms with Crippen molar-refractivity contribution in [3.63, 3.8) is 0 Å². The van der Waals surface area contributed by atoms with E-state index in [1.807, 2.05) is 31.2 Å². The summed E-state index contributed by atoms with van der Waals surface area (Å²) in [6, 6.07) is 7.74. The molecular weight excluding hydrogens is 334 g/mol. The van der Waals surface area contributed by atoms with Crippen LogP contribution < -0.4 is 16.2 Å². The summed E-state index contributed by atoms with van der Waals surface area (Å²) in [5, 5.41) is 8.26. The molecule has 1 aromatic carbocycles. The third-order valence-corrected chi connectivity index (χ3v) is 3.52. The van der Waals surface area contributed by atoms with Crippen LogP contribution in [0, 0.1) is 6.92 Å². The van der Waals surface area contributed by atoms with Crippen LogP contribution >= 0.6 is 39.7 Å². The lowest BCUT2D eigenvalue weighted by Crippen LogP contribution is -2.33. The Hall–Kier alpha value is -1.25. The van der Waals surface area contributed by atoms with E-state index in [0.717, 1.165) is 20.9 Å². The molecule has 0 unspecified atom stereocenters. The number of aryl methyl sites for hydroxylation is 1. The highest BCUT2D eigenvalue weighted by atomic mass is 79.9. The highest BCUT2D eigenvalue weighted by Crippen LogP contribution is 2.15. The van der Waals surface area contributed by atoms with Crippen LogP contribution in [0.3, 0.4) is 0 Å². The SMILES string of the molecule is Cc1nnsc1NNC(=S)Nc1ccc(Br)cc1. The molecule has 1 aromatic heterocycles. The largest absolute Gasteiger partial charge is 0.331 e. The van der Waals surface area contributed by atoms with E-state index in [-0.39, 0.29) is 0 Å². The predicted molar refractivity (Wildman–Crippen MR) is 81.8 cm³/mol. The van der Waals surface area contributed by atoms with Gasteiger partial charge in [0.15, 0.2) is 10.1 Å². The zero-order valence-corrected chi connectivity index (χ0v) is 12.6. The molecule has 0 bridgehead atoms. The van der Waals surface area contributed by atoms with Gasteiger partial charge in [0.05, 0.1) is 5.69 Å². The van der Waals surface area contributed by atoms with Crippen molar-refractivity contribution in [1.82, 2.24) is 15.0 Å². The minimum Gasteiger partial charge on any atom is -0.331 e. The first kappa shape index (κ1) is 13.2. The second kappa shape index (κ2) is 6.07. The van der Waals surface area contributed by atoms with Gasteiger partial charge in [-0.1, -0.05) is 20.4 Å². The number of thiocarbonyl (C=S) groups is 1. The van der Waals surface area contributed by atoms with Crippen molar-refractivity contribution in [3.8, 4) is 0 Å². The van der Waals surface area contributed by atoms with Gasteiger partial charge in [-0.15, -0.1) is 5.10 Å². The summed E-state index contributed by atoms with van der Waals surface area (Å²) in [5.74, 6) is 0. The molecule has 8 heteroatoms. The Morgan fingerprint density at radius 3 is 2.67 bits per heavy atom. The topological polar surface area (TPSA) is 61.9 Å². The molecule has 0 saturated heterocycles. The summed E-state index contributed by atoms with van der Waals surface area (Å²) < 4.78 is 4.84. The van der Waals surface area contributed by atoms with E-state index >= 15 is 0 Å². The minimum absolute atomic E-state index is 0.477. The van der Waals surface area contributed by atoms with Crippen LogP contribution in [0.15, 0.2) is 28.7 Å². The number of hydrogen-bond acceptors (Lipinski definition) is 5. The van der Waals surface area contributed by atoms with Crippen molar-refractivity contribution in [2.75, 3.05) is 10.7 Å². The molecule has 2 rings (SSSR count). The van der Waals surface area contributed by atoms with Gasteiger partial charge in [-0.25, -0.2) is 0 Å². The molecule has 0 atom stereocenters. The average Bonchev–Trinajstić information content (AvgIpc) is 2.75. The number of hydrogen-bond donors (Lipinski definition) is 3. The molecule has 18 heavy (non-hydrogen) atoms. The van der Waals surface area contributed by atoms with Gasteiger partial charge in [0.25, 0.3) is 0 Å². The van der Waals surface area contributed by atoms with E-state index < -0.39 is 0 Å². The van der Waals surface area contributed by atoms with Gasteiger partial charge in [0, 0.05) is 21.7 Å². The highest BCUT2D eigenvalue weighted by molar-refractivity contribution is 9.10. The smallest absolute Gasteiger partial charge is 0.189 e. The molecule has 0 radical (unpaired) electrons. The van der Waals surface area contributed by atoms with E-state index in [9.17, 15) is 0 Å². The fraction of sp³-hybridized carbons (Fsp3) is 0.100. The second-order valence-corrected chi connectivity index (χ2v) is 5.48. The summed E-state index contributed by atoms with van der Waals surface area (Å²) in [5.41, 5.74) is 7.58. The van der Waals surface area contributed by atoms with Crippen LogP contribution in [-0.2, 0) is 0 Å². The number of aromatic nitrogens is 2. The number of rotatable bonds is 3. The van der Waals surface area contributed by atoms with Gasteiger partial charge < -0.3 is 5.32 Å². The van der Waals surface area contributed by atoms with Gasteiger partial charge in [-0.05, 0) is 43.4 Å². The van der Waals surface area contributed by atoms with Crippen LogP contribution in [0.4, 0.5) is 10.7 Å². The van der Waals surface area contributed by atoms with Gasteiger partial charge >= 0.3 is 0 Å². The van der Waals surface area contributed by atoms with Crippen molar-refractivity contribution in [2.45, 2.75) is 6.92 Å². The molecule has 5 nitrogen and oxygen atoms in total. The lowest BCUT2D eigenvalue weighted by atomic mass is 10.3. The van der Waals surface area contributed by atoms with Crippen LogP contribution in [0.25, 0.3) is 0 Å². The average molecular weight is 344 g/mol. The van der Waals surface area contributed by atoms with Crippen LogP contribution in [0.5, 0.6) is 0 Å². The molecule has 2 aromatic rings. The van der Waals surface area contributed by atoms with Gasteiger partial charge in [-0.2, -0.15) is 0 Å². The van der Waals surface area contributed by atoms with Gasteiger partial charge in [-0.3, -0.25) is 10.9 Å². The molecule has 0 amide bonds. The zero-order valence-electron chi connectivity index (χ0n) is 9.40. The number of nitrogens with one attached hydrogen (secondary N) is 3. The van der Waals surface area contributed by atoms with E-state index in [1.54, 1.807) is 0 Å². The first-order chi connectivity index (χ1) is 8.65. The fourth-order valence-electron chi connectivity index (χ4n) is 1.16. The quantitative estimate of drug-likeness (QED) is 0.588. The number of nitrogens with zero attached hydrogens (tertiary/aromatic N) is 2. The van der Waals surface area contributed by atoms with E-state index in [1.165, 1.54) is 11.5 Å². The maximum Gasteiger partial charge on any atom is 0.189 e. The molecule has 0 saturated carbocycles. The third kappa shape index (κ3) is 3.62. The first-order valence-electron chi connectivity index (χ1n) is 5.02. The van der Waals surface area contributed by atoms with Crippen LogP contribution in [-0.4, -0.2) is 14.7 Å². The maximum absolute atomic E-state index is 5.15. The summed E-state index contributed by atoms with van der Waals surface area (Å²) >= 11 is 9.80. The maximum atomic E-state index is 5.15. The van der Waals surface area contributed by atoms with Crippen LogP contribution in [0.2, 0.25) is 0 Å². The molecule has 94 valence electrons. The monoisotopic (exact) mass is 343 g/mol. The Bertz CT molecular complexity index is 539. The van der Waals surface area contributed by atoms with Crippen molar-refractivity contribution in [2.24, 2.45) is 0 Å². The van der Waals surface area contributed by atoms with Crippen molar-refractivity contribution in [1.29, 1.82) is 0 Å². The molecule has 0 aliphatic carbocycles. The highest BCUT2D eigenvalue weighted by Gasteiger charge is 2.02. The standard InChI is InChI=1S/C10H10BrN5S2/c1-6-9(18-16-13-6)14-15-10(17)12-8-4-2-7(11)3-5-8/h2-5,14H,1H3,(H2,12,15,17). The molecule has 0 aliphatic rings. The summed E-state index contributed by atoms with van der Waals surface area (Å²) in [7, 11) is 0. The molecule has 1 heterocycles. The van der Waals surface area contributed by atoms with E-state index in [2.05, 4.69) is 41.7 Å². The molecule has 0 fully saturated rings.